The highest BCUT2D eigenvalue weighted by molar-refractivity contribution is 6.46. The van der Waals surface area contributed by atoms with Crippen molar-refractivity contribution in [2.45, 2.75) is 32.9 Å². The van der Waals surface area contributed by atoms with E-state index in [4.69, 9.17) is 13.9 Å². The van der Waals surface area contributed by atoms with Gasteiger partial charge in [-0.3, -0.25) is 9.59 Å². The fourth-order valence-corrected chi connectivity index (χ4v) is 4.22. The van der Waals surface area contributed by atoms with E-state index in [0.717, 1.165) is 11.1 Å². The first-order valence-electron chi connectivity index (χ1n) is 11.5. The first-order valence-corrected chi connectivity index (χ1v) is 11.5. The number of carbonyl (C=O) groups is 2. The van der Waals surface area contributed by atoms with Crippen molar-refractivity contribution in [2.75, 3.05) is 20.3 Å². The molecule has 1 atom stereocenters. The van der Waals surface area contributed by atoms with Crippen LogP contribution < -0.4 is 4.74 Å². The van der Waals surface area contributed by atoms with Gasteiger partial charge < -0.3 is 23.9 Å². The number of aliphatic hydroxyl groups is 1. The molecule has 1 amide bonds. The highest BCUT2D eigenvalue weighted by atomic mass is 16.5. The van der Waals surface area contributed by atoms with Crippen LogP contribution in [0.4, 0.5) is 0 Å². The third kappa shape index (κ3) is 5.30. The summed E-state index contributed by atoms with van der Waals surface area (Å²) in [7, 11) is 1.58. The van der Waals surface area contributed by atoms with Gasteiger partial charge in [-0.25, -0.2) is 0 Å². The summed E-state index contributed by atoms with van der Waals surface area (Å²) in [6, 6.07) is 17.5. The van der Waals surface area contributed by atoms with Gasteiger partial charge in [0.1, 0.15) is 35.7 Å². The van der Waals surface area contributed by atoms with Crippen molar-refractivity contribution >= 4 is 17.4 Å². The lowest BCUT2D eigenvalue weighted by molar-refractivity contribution is -0.140. The predicted octanol–water partition coefficient (Wildman–Crippen LogP) is 4.93. The van der Waals surface area contributed by atoms with Gasteiger partial charge in [0.25, 0.3) is 11.7 Å². The maximum absolute atomic E-state index is 13.0. The number of benzene rings is 2. The lowest BCUT2D eigenvalue weighted by Crippen LogP contribution is -2.31. The van der Waals surface area contributed by atoms with Crippen molar-refractivity contribution < 1.29 is 28.6 Å². The van der Waals surface area contributed by atoms with Gasteiger partial charge in [0, 0.05) is 25.8 Å². The molecule has 0 bridgehead atoms. The molecule has 1 fully saturated rings. The molecule has 1 saturated heterocycles. The number of likely N-dealkylation sites (tertiary alicyclic amines) is 1. The molecule has 7 nitrogen and oxygen atoms in total. The molecule has 35 heavy (non-hydrogen) atoms. The van der Waals surface area contributed by atoms with Gasteiger partial charge in [-0.2, -0.15) is 0 Å². The van der Waals surface area contributed by atoms with E-state index < -0.39 is 17.7 Å². The number of amides is 1. The summed E-state index contributed by atoms with van der Waals surface area (Å²) < 4.78 is 16.7. The van der Waals surface area contributed by atoms with Gasteiger partial charge in [0.15, 0.2) is 0 Å². The van der Waals surface area contributed by atoms with E-state index >= 15 is 0 Å². The van der Waals surface area contributed by atoms with Crippen molar-refractivity contribution in [2.24, 2.45) is 0 Å². The molecule has 7 heteroatoms. The van der Waals surface area contributed by atoms with E-state index in [2.05, 4.69) is 6.07 Å². The third-order valence-corrected chi connectivity index (χ3v) is 5.93. The Morgan fingerprint density at radius 3 is 2.49 bits per heavy atom. The first kappa shape index (κ1) is 24.3. The van der Waals surface area contributed by atoms with Crippen molar-refractivity contribution in [1.82, 2.24) is 4.90 Å². The lowest BCUT2D eigenvalue weighted by Gasteiger charge is -2.23. The zero-order valence-corrected chi connectivity index (χ0v) is 20.1. The van der Waals surface area contributed by atoms with Gasteiger partial charge in [0.05, 0.1) is 5.57 Å². The number of aryl methyl sites for hydroxylation is 2. The maximum Gasteiger partial charge on any atom is 0.295 e. The van der Waals surface area contributed by atoms with Crippen molar-refractivity contribution in [1.29, 1.82) is 0 Å². The normalized spacial score (nSPS) is 17.2. The molecular formula is C28H29NO6. The molecule has 2 heterocycles. The smallest absolute Gasteiger partial charge is 0.295 e. The SMILES string of the molecule is COCCCN1C(=O)C(=O)C(=C(O)c2ccc(OCc3cccc(C)c3)cc2)[C@@H]1c1ccc(C)o1. The molecule has 1 N–H and O–H groups in total. The van der Waals surface area contributed by atoms with Crippen LogP contribution >= 0.6 is 0 Å². The molecule has 0 spiro atoms. The van der Waals surface area contributed by atoms with Gasteiger partial charge in [-0.05, 0) is 62.2 Å². The van der Waals surface area contributed by atoms with Gasteiger partial charge in [-0.1, -0.05) is 29.8 Å². The Labute approximate surface area is 204 Å². The van der Waals surface area contributed by atoms with E-state index in [0.29, 0.717) is 49.0 Å². The molecule has 4 rings (SSSR count). The molecule has 182 valence electrons. The van der Waals surface area contributed by atoms with Crippen molar-refractivity contribution in [3.63, 3.8) is 0 Å². The standard InChI is InChI=1S/C28H29NO6/c1-18-6-4-7-20(16-18)17-34-22-11-9-21(10-12-22)26(30)24-25(23-13-8-19(2)35-23)29(14-5-15-33-3)28(32)27(24)31/h4,6-13,16,25,30H,5,14-15,17H2,1-3H3/t25-/m0/s1. The average molecular weight is 476 g/mol. The van der Waals surface area contributed by atoms with E-state index in [1.165, 1.54) is 4.90 Å². The second kappa shape index (κ2) is 10.6. The number of ether oxygens (including phenoxy) is 2. The van der Waals surface area contributed by atoms with Crippen LogP contribution in [0.2, 0.25) is 0 Å². The van der Waals surface area contributed by atoms with E-state index in [-0.39, 0.29) is 11.3 Å². The molecule has 1 aliphatic rings. The van der Waals surface area contributed by atoms with Crippen LogP contribution in [-0.2, 0) is 20.9 Å². The molecule has 2 aromatic carbocycles. The van der Waals surface area contributed by atoms with Crippen LogP contribution in [0.5, 0.6) is 5.75 Å². The van der Waals surface area contributed by atoms with E-state index in [9.17, 15) is 14.7 Å². The molecule has 3 aromatic rings. The minimum atomic E-state index is -0.808. The number of rotatable bonds is 9. The van der Waals surface area contributed by atoms with Crippen molar-refractivity contribution in [3.05, 3.63) is 94.4 Å². The van der Waals surface area contributed by atoms with Crippen LogP contribution in [0, 0.1) is 13.8 Å². The Balaban J connectivity index is 1.61. The number of methoxy groups -OCH3 is 1. The van der Waals surface area contributed by atoms with Crippen LogP contribution in [0.15, 0.2) is 70.7 Å². The Morgan fingerprint density at radius 2 is 1.83 bits per heavy atom. The number of ketones is 1. The summed E-state index contributed by atoms with van der Waals surface area (Å²) in [6.07, 6.45) is 0.548. The minimum Gasteiger partial charge on any atom is -0.507 e. The number of Topliss-reactive ketones (excluding diaryl/α,β-unsaturated/α-hetero) is 1. The molecule has 0 aliphatic carbocycles. The number of carbonyl (C=O) groups excluding carboxylic acids is 2. The number of hydrogen-bond donors (Lipinski definition) is 1. The molecule has 0 radical (unpaired) electrons. The topological polar surface area (TPSA) is 89.2 Å². The number of nitrogens with zero attached hydrogens (tertiary/aromatic N) is 1. The van der Waals surface area contributed by atoms with Gasteiger partial charge in [0.2, 0.25) is 0 Å². The second-order valence-electron chi connectivity index (χ2n) is 8.59. The minimum absolute atomic E-state index is 0.00944. The summed E-state index contributed by atoms with van der Waals surface area (Å²) in [5.41, 5.74) is 2.64. The molecule has 1 aromatic heterocycles. The summed E-state index contributed by atoms with van der Waals surface area (Å²) in [5.74, 6) is 0.0538. The van der Waals surface area contributed by atoms with E-state index in [1.54, 1.807) is 50.4 Å². The fraction of sp³-hybridized carbons (Fsp3) is 0.286. The number of furan rings is 1. The summed E-state index contributed by atoms with van der Waals surface area (Å²) in [6.45, 7) is 4.97. The quantitative estimate of drug-likeness (QED) is 0.204. The zero-order chi connectivity index (χ0) is 24.9. The third-order valence-electron chi connectivity index (χ3n) is 5.93. The predicted molar refractivity (Wildman–Crippen MR) is 131 cm³/mol. The van der Waals surface area contributed by atoms with Crippen LogP contribution in [0.1, 0.15) is 40.7 Å². The molecule has 1 aliphatic heterocycles. The van der Waals surface area contributed by atoms with Crippen LogP contribution in [-0.4, -0.2) is 42.0 Å². The second-order valence-corrected chi connectivity index (χ2v) is 8.59. The van der Waals surface area contributed by atoms with Gasteiger partial charge in [-0.15, -0.1) is 0 Å². The average Bonchev–Trinajstić information content (AvgIpc) is 3.39. The van der Waals surface area contributed by atoms with E-state index in [1.807, 2.05) is 25.1 Å². The number of aliphatic hydroxyl groups excluding tert-OH is 1. The fourth-order valence-electron chi connectivity index (χ4n) is 4.22. The summed E-state index contributed by atoms with van der Waals surface area (Å²) >= 11 is 0. The lowest BCUT2D eigenvalue weighted by atomic mass is 9.99. The Kier molecular flexibility index (Phi) is 7.36. The van der Waals surface area contributed by atoms with Gasteiger partial charge >= 0.3 is 0 Å². The first-order chi connectivity index (χ1) is 16.9. The van der Waals surface area contributed by atoms with Crippen molar-refractivity contribution in [3.8, 4) is 5.75 Å². The zero-order valence-electron chi connectivity index (χ0n) is 20.1. The monoisotopic (exact) mass is 475 g/mol. The van der Waals surface area contributed by atoms with Crippen LogP contribution in [0.25, 0.3) is 5.76 Å². The Hall–Kier alpha value is -3.84. The Bertz CT molecular complexity index is 1240. The Morgan fingerprint density at radius 1 is 1.06 bits per heavy atom. The molecule has 0 saturated carbocycles. The number of hydrogen-bond acceptors (Lipinski definition) is 6. The highest BCUT2D eigenvalue weighted by Crippen LogP contribution is 2.40. The molecule has 0 unspecified atom stereocenters. The summed E-state index contributed by atoms with van der Waals surface area (Å²) in [5, 5.41) is 11.1. The molecular weight excluding hydrogens is 446 g/mol. The van der Waals surface area contributed by atoms with Crippen LogP contribution in [0.3, 0.4) is 0 Å². The largest absolute Gasteiger partial charge is 0.507 e. The highest BCUT2D eigenvalue weighted by Gasteiger charge is 2.47. The summed E-state index contributed by atoms with van der Waals surface area (Å²) in [4.78, 5) is 27.3. The maximum atomic E-state index is 13.0.